The summed E-state index contributed by atoms with van der Waals surface area (Å²) in [6.07, 6.45) is 20.0. The van der Waals surface area contributed by atoms with Crippen molar-refractivity contribution in [3.63, 3.8) is 0 Å². The van der Waals surface area contributed by atoms with Crippen LogP contribution in [0.25, 0.3) is 0 Å². The van der Waals surface area contributed by atoms with Crippen LogP contribution in [-0.2, 0) is 4.79 Å². The highest BCUT2D eigenvalue weighted by Crippen LogP contribution is 2.14. The van der Waals surface area contributed by atoms with Crippen molar-refractivity contribution in [2.24, 2.45) is 5.92 Å². The van der Waals surface area contributed by atoms with E-state index < -0.39 is 5.97 Å². The Labute approximate surface area is 132 Å². The molecule has 0 heterocycles. The van der Waals surface area contributed by atoms with Crippen LogP contribution in [0.2, 0.25) is 0 Å². The monoisotopic (exact) mass is 296 g/mol. The molecule has 2 nitrogen and oxygen atoms in total. The number of rotatable bonds is 15. The van der Waals surface area contributed by atoms with E-state index in [0.717, 1.165) is 18.8 Å². The number of unbranched alkanes of at least 4 members (excludes halogenated alkanes) is 9. The first kappa shape index (κ1) is 20.2. The second-order valence-corrected chi connectivity index (χ2v) is 6.31. The summed E-state index contributed by atoms with van der Waals surface area (Å²) in [7, 11) is 0. The minimum absolute atomic E-state index is 0.335. The molecule has 0 saturated heterocycles. The lowest BCUT2D eigenvalue weighted by Crippen LogP contribution is -1.93. The second kappa shape index (κ2) is 15.6. The van der Waals surface area contributed by atoms with Gasteiger partial charge in [0.05, 0.1) is 0 Å². The van der Waals surface area contributed by atoms with E-state index in [9.17, 15) is 4.79 Å². The van der Waals surface area contributed by atoms with E-state index in [4.69, 9.17) is 5.11 Å². The molecule has 0 aliphatic heterocycles. The molecule has 0 aromatic carbocycles. The van der Waals surface area contributed by atoms with Crippen molar-refractivity contribution in [2.45, 2.75) is 97.3 Å². The summed E-state index contributed by atoms with van der Waals surface area (Å²) in [5.41, 5.74) is 0. The van der Waals surface area contributed by atoms with Crippen molar-refractivity contribution < 1.29 is 9.90 Å². The molecule has 0 rings (SSSR count). The van der Waals surface area contributed by atoms with E-state index in [1.165, 1.54) is 64.2 Å². The zero-order valence-corrected chi connectivity index (χ0v) is 14.3. The molecule has 0 aliphatic carbocycles. The van der Waals surface area contributed by atoms with Crippen LogP contribution in [0.5, 0.6) is 0 Å². The number of allylic oxidation sites excluding steroid dienone is 2. The van der Waals surface area contributed by atoms with Crippen LogP contribution in [0.4, 0.5) is 0 Å². The first-order chi connectivity index (χ1) is 10.2. The third kappa shape index (κ3) is 17.2. The lowest BCUT2D eigenvalue weighted by Gasteiger charge is -2.06. The van der Waals surface area contributed by atoms with Gasteiger partial charge in [-0.3, -0.25) is 4.79 Å². The Balaban J connectivity index is 3.24. The maximum absolute atomic E-state index is 10.4. The lowest BCUT2D eigenvalue weighted by molar-refractivity contribution is -0.137. The van der Waals surface area contributed by atoms with Crippen LogP contribution in [-0.4, -0.2) is 11.1 Å². The van der Waals surface area contributed by atoms with Crippen LogP contribution in [0.3, 0.4) is 0 Å². The van der Waals surface area contributed by atoms with Gasteiger partial charge in [-0.2, -0.15) is 0 Å². The number of carboxylic acids is 1. The van der Waals surface area contributed by atoms with Crippen molar-refractivity contribution in [3.8, 4) is 0 Å². The van der Waals surface area contributed by atoms with Gasteiger partial charge in [0.25, 0.3) is 0 Å². The Bertz CT molecular complexity index is 258. The summed E-state index contributed by atoms with van der Waals surface area (Å²) < 4.78 is 0. The normalized spacial score (nSPS) is 12.9. The van der Waals surface area contributed by atoms with Crippen LogP contribution in [0.15, 0.2) is 12.2 Å². The predicted octanol–water partition coefficient (Wildman–Crippen LogP) is 6.35. The number of hydrogen-bond donors (Lipinski definition) is 1. The van der Waals surface area contributed by atoms with Crippen LogP contribution in [0, 0.1) is 5.92 Å². The second-order valence-electron chi connectivity index (χ2n) is 6.31. The average Bonchev–Trinajstić information content (AvgIpc) is 2.45. The highest BCUT2D eigenvalue weighted by atomic mass is 16.4. The number of hydrogen-bond acceptors (Lipinski definition) is 1. The Morgan fingerprint density at radius 3 is 2.19 bits per heavy atom. The van der Waals surface area contributed by atoms with Gasteiger partial charge in [-0.1, -0.05) is 77.4 Å². The van der Waals surface area contributed by atoms with Crippen molar-refractivity contribution >= 4 is 5.97 Å². The van der Waals surface area contributed by atoms with E-state index in [0.29, 0.717) is 6.42 Å². The van der Waals surface area contributed by atoms with E-state index in [1.807, 2.05) is 0 Å². The molecule has 2 heteroatoms. The molecule has 1 atom stereocenters. The molecule has 0 aliphatic rings. The van der Waals surface area contributed by atoms with Gasteiger partial charge in [0.15, 0.2) is 0 Å². The van der Waals surface area contributed by atoms with Gasteiger partial charge < -0.3 is 5.11 Å². The molecular formula is C19H36O2. The molecular weight excluding hydrogens is 260 g/mol. The molecule has 1 N–H and O–H groups in total. The third-order valence-electron chi connectivity index (χ3n) is 3.99. The molecule has 1 unspecified atom stereocenters. The molecule has 0 aromatic rings. The Hall–Kier alpha value is -0.790. The zero-order chi connectivity index (χ0) is 15.8. The first-order valence-corrected chi connectivity index (χ1v) is 9.05. The van der Waals surface area contributed by atoms with Crippen molar-refractivity contribution in [1.29, 1.82) is 0 Å². The smallest absolute Gasteiger partial charge is 0.303 e. The van der Waals surface area contributed by atoms with Gasteiger partial charge in [-0.05, 0) is 31.6 Å². The number of aliphatic carboxylic acids is 1. The van der Waals surface area contributed by atoms with Gasteiger partial charge in [-0.25, -0.2) is 0 Å². The fourth-order valence-electron chi connectivity index (χ4n) is 2.56. The Kier molecular flexibility index (Phi) is 15.0. The molecule has 0 saturated carbocycles. The molecule has 0 radical (unpaired) electrons. The number of carbonyl (C=O) groups is 1. The van der Waals surface area contributed by atoms with Gasteiger partial charge in [0.2, 0.25) is 0 Å². The topological polar surface area (TPSA) is 37.3 Å². The molecule has 124 valence electrons. The van der Waals surface area contributed by atoms with Gasteiger partial charge in [0, 0.05) is 6.42 Å². The number of carboxylic acid groups (broad SMARTS) is 1. The van der Waals surface area contributed by atoms with E-state index in [2.05, 4.69) is 26.0 Å². The summed E-state index contributed by atoms with van der Waals surface area (Å²) >= 11 is 0. The fourth-order valence-corrected chi connectivity index (χ4v) is 2.56. The fraction of sp³-hybridized carbons (Fsp3) is 0.842. The first-order valence-electron chi connectivity index (χ1n) is 9.05. The van der Waals surface area contributed by atoms with Crippen LogP contribution in [0.1, 0.15) is 97.3 Å². The van der Waals surface area contributed by atoms with Crippen molar-refractivity contribution in [3.05, 3.63) is 12.2 Å². The molecule has 0 aromatic heterocycles. The van der Waals surface area contributed by atoms with Crippen molar-refractivity contribution in [2.75, 3.05) is 0 Å². The summed E-state index contributed by atoms with van der Waals surface area (Å²) in [6, 6.07) is 0. The van der Waals surface area contributed by atoms with Gasteiger partial charge in [-0.15, -0.1) is 0 Å². The standard InChI is InChI=1S/C19H36O2/c1-3-4-5-9-12-15-18(2)16-13-10-7-6-8-11-14-17-19(20)21/h12,15,18H,3-11,13-14,16-17H2,1-2H3,(H,20,21)/b15-12-. The molecule has 0 bridgehead atoms. The summed E-state index contributed by atoms with van der Waals surface area (Å²) in [6.45, 7) is 4.57. The largest absolute Gasteiger partial charge is 0.481 e. The van der Waals surface area contributed by atoms with E-state index >= 15 is 0 Å². The minimum Gasteiger partial charge on any atom is -0.481 e. The zero-order valence-electron chi connectivity index (χ0n) is 14.3. The SMILES string of the molecule is CCCCC/C=C\C(C)CCCCCCCCCC(=O)O. The Morgan fingerprint density at radius 1 is 0.952 bits per heavy atom. The van der Waals surface area contributed by atoms with Gasteiger partial charge in [0.1, 0.15) is 0 Å². The molecule has 0 fully saturated rings. The molecule has 0 spiro atoms. The summed E-state index contributed by atoms with van der Waals surface area (Å²) in [4.78, 5) is 10.4. The lowest BCUT2D eigenvalue weighted by atomic mass is 10.0. The maximum atomic E-state index is 10.4. The van der Waals surface area contributed by atoms with Crippen LogP contribution < -0.4 is 0 Å². The average molecular weight is 296 g/mol. The van der Waals surface area contributed by atoms with Crippen molar-refractivity contribution in [1.82, 2.24) is 0 Å². The molecule has 21 heavy (non-hydrogen) atoms. The minimum atomic E-state index is -0.660. The Morgan fingerprint density at radius 2 is 1.57 bits per heavy atom. The van der Waals surface area contributed by atoms with Gasteiger partial charge >= 0.3 is 5.97 Å². The van der Waals surface area contributed by atoms with Crippen LogP contribution >= 0.6 is 0 Å². The van der Waals surface area contributed by atoms with E-state index in [1.54, 1.807) is 0 Å². The summed E-state index contributed by atoms with van der Waals surface area (Å²) in [5, 5.41) is 8.54. The summed E-state index contributed by atoms with van der Waals surface area (Å²) in [5.74, 6) is 0.0638. The highest BCUT2D eigenvalue weighted by molar-refractivity contribution is 5.66. The maximum Gasteiger partial charge on any atom is 0.303 e. The molecule has 0 amide bonds. The quantitative estimate of drug-likeness (QED) is 0.282. The predicted molar refractivity (Wildman–Crippen MR) is 91.6 cm³/mol. The highest BCUT2D eigenvalue weighted by Gasteiger charge is 1.98. The van der Waals surface area contributed by atoms with E-state index in [-0.39, 0.29) is 0 Å². The third-order valence-corrected chi connectivity index (χ3v) is 3.99.